The van der Waals surface area contributed by atoms with Gasteiger partial charge in [-0.25, -0.2) is 0 Å². The Bertz CT molecular complexity index is 136. The molecule has 2 rings (SSSR count). The fourth-order valence-corrected chi connectivity index (χ4v) is 2.21. The van der Waals surface area contributed by atoms with E-state index in [1.165, 1.54) is 12.8 Å². The van der Waals surface area contributed by atoms with Gasteiger partial charge >= 0.3 is 0 Å². The zero-order valence-electron chi connectivity index (χ0n) is 7.61. The lowest BCUT2D eigenvalue weighted by Crippen LogP contribution is -2.51. The molecule has 2 saturated heterocycles. The van der Waals surface area contributed by atoms with Crippen molar-refractivity contribution in [1.29, 1.82) is 0 Å². The van der Waals surface area contributed by atoms with Crippen molar-refractivity contribution in [3.8, 4) is 0 Å². The first kappa shape index (κ1) is 13.5. The van der Waals surface area contributed by atoms with Gasteiger partial charge in [0.15, 0.2) is 0 Å². The Hall–Kier alpha value is 0.460. The molecule has 2 heterocycles. The van der Waals surface area contributed by atoms with Crippen LogP contribution in [0.1, 0.15) is 12.8 Å². The number of nitrogens with zero attached hydrogens (tertiary/aromatic N) is 1. The maximum Gasteiger partial charge on any atom is 0.0558 e. The number of likely N-dealkylation sites (tertiary alicyclic amines) is 1. The second kappa shape index (κ2) is 6.04. The Morgan fingerprint density at radius 2 is 1.69 bits per heavy atom. The zero-order chi connectivity index (χ0) is 7.68. The van der Waals surface area contributed by atoms with E-state index in [2.05, 4.69) is 10.2 Å². The summed E-state index contributed by atoms with van der Waals surface area (Å²) in [5.74, 6) is 0. The van der Waals surface area contributed by atoms with Crippen LogP contribution in [0.4, 0.5) is 0 Å². The first-order chi connectivity index (χ1) is 5.38. The molecule has 2 aliphatic rings. The third kappa shape index (κ3) is 3.26. The van der Waals surface area contributed by atoms with Gasteiger partial charge in [0.1, 0.15) is 0 Å². The molecule has 0 aliphatic carbocycles. The van der Waals surface area contributed by atoms with Crippen LogP contribution in [-0.4, -0.2) is 48.3 Å². The minimum atomic E-state index is 0. The number of halogens is 2. The number of β-amino-alcohol motifs (C(OH)–C–C–N with tert-alkyl or cyclic N) is 1. The van der Waals surface area contributed by atoms with Gasteiger partial charge < -0.3 is 10.4 Å². The zero-order valence-corrected chi connectivity index (χ0v) is 9.24. The van der Waals surface area contributed by atoms with E-state index in [1.54, 1.807) is 0 Å². The number of rotatable bonds is 2. The Morgan fingerprint density at radius 1 is 1.15 bits per heavy atom. The molecule has 0 radical (unpaired) electrons. The van der Waals surface area contributed by atoms with Crippen molar-refractivity contribution in [3.05, 3.63) is 0 Å². The molecule has 2 unspecified atom stereocenters. The summed E-state index contributed by atoms with van der Waals surface area (Å²) < 4.78 is 0. The Labute approximate surface area is 91.7 Å². The highest BCUT2D eigenvalue weighted by Crippen LogP contribution is 2.19. The molecule has 0 aromatic heterocycles. The lowest BCUT2D eigenvalue weighted by molar-refractivity contribution is 0.154. The number of aliphatic hydroxyl groups excluding tert-OH is 1. The number of nitrogens with one attached hydrogen (secondary N) is 1. The summed E-state index contributed by atoms with van der Waals surface area (Å²) in [6.45, 7) is 3.43. The molecule has 0 spiro atoms. The van der Waals surface area contributed by atoms with Crippen LogP contribution in [0.15, 0.2) is 0 Å². The van der Waals surface area contributed by atoms with Crippen molar-refractivity contribution in [2.75, 3.05) is 26.2 Å². The fourth-order valence-electron chi connectivity index (χ4n) is 2.21. The third-order valence-electron chi connectivity index (χ3n) is 2.71. The number of hydrogen-bond acceptors (Lipinski definition) is 3. The van der Waals surface area contributed by atoms with Crippen molar-refractivity contribution < 1.29 is 5.11 Å². The number of fused-ring (bicyclic) bond motifs is 2. The van der Waals surface area contributed by atoms with Crippen molar-refractivity contribution >= 4 is 24.8 Å². The predicted octanol–water partition coefficient (Wildman–Crippen LogP) is 0.259. The van der Waals surface area contributed by atoms with Crippen LogP contribution in [0.3, 0.4) is 0 Å². The van der Waals surface area contributed by atoms with Gasteiger partial charge in [0.2, 0.25) is 0 Å². The number of aliphatic hydroxyl groups is 1. The smallest absolute Gasteiger partial charge is 0.0558 e. The number of piperazine rings is 1. The van der Waals surface area contributed by atoms with Gasteiger partial charge in [-0.05, 0) is 12.8 Å². The second-order valence-corrected chi connectivity index (χ2v) is 3.62. The summed E-state index contributed by atoms with van der Waals surface area (Å²) in [5.41, 5.74) is 0. The Morgan fingerprint density at radius 3 is 2.15 bits per heavy atom. The van der Waals surface area contributed by atoms with Gasteiger partial charge in [-0.3, -0.25) is 4.90 Å². The molecule has 3 nitrogen and oxygen atoms in total. The molecule has 13 heavy (non-hydrogen) atoms. The van der Waals surface area contributed by atoms with Gasteiger partial charge in [0, 0.05) is 31.7 Å². The van der Waals surface area contributed by atoms with Gasteiger partial charge in [-0.15, -0.1) is 24.8 Å². The minimum Gasteiger partial charge on any atom is -0.395 e. The van der Waals surface area contributed by atoms with Crippen LogP contribution < -0.4 is 5.32 Å². The van der Waals surface area contributed by atoms with E-state index in [0.29, 0.717) is 18.7 Å². The van der Waals surface area contributed by atoms with E-state index in [0.717, 1.165) is 19.6 Å². The minimum absolute atomic E-state index is 0. The molecule has 2 N–H and O–H groups in total. The monoisotopic (exact) mass is 228 g/mol. The molecular weight excluding hydrogens is 211 g/mol. The van der Waals surface area contributed by atoms with Crippen molar-refractivity contribution in [3.63, 3.8) is 0 Å². The highest BCUT2D eigenvalue weighted by molar-refractivity contribution is 5.85. The van der Waals surface area contributed by atoms with Gasteiger partial charge in [0.25, 0.3) is 0 Å². The lowest BCUT2D eigenvalue weighted by Gasteiger charge is -2.32. The molecular formula is C8H18Cl2N2O. The summed E-state index contributed by atoms with van der Waals surface area (Å²) in [6, 6.07) is 1.42. The van der Waals surface area contributed by atoms with E-state index < -0.39 is 0 Å². The molecule has 0 saturated carbocycles. The quantitative estimate of drug-likeness (QED) is 0.713. The van der Waals surface area contributed by atoms with Crippen molar-refractivity contribution in [2.24, 2.45) is 0 Å². The van der Waals surface area contributed by atoms with E-state index in [-0.39, 0.29) is 24.8 Å². The highest BCUT2D eigenvalue weighted by Gasteiger charge is 2.31. The second-order valence-electron chi connectivity index (χ2n) is 3.62. The molecule has 5 heteroatoms. The largest absolute Gasteiger partial charge is 0.395 e. The van der Waals surface area contributed by atoms with Crippen LogP contribution in [0.5, 0.6) is 0 Å². The summed E-state index contributed by atoms with van der Waals surface area (Å²) in [7, 11) is 0. The summed E-state index contributed by atoms with van der Waals surface area (Å²) >= 11 is 0. The van der Waals surface area contributed by atoms with E-state index in [9.17, 15) is 0 Å². The average Bonchev–Trinajstić information content (AvgIpc) is 2.32. The van der Waals surface area contributed by atoms with Gasteiger partial charge in [-0.2, -0.15) is 0 Å². The highest BCUT2D eigenvalue weighted by atomic mass is 35.5. The maximum absolute atomic E-state index is 8.75. The molecule has 0 amide bonds. The summed E-state index contributed by atoms with van der Waals surface area (Å²) in [6.07, 6.45) is 2.65. The van der Waals surface area contributed by atoms with Gasteiger partial charge in [0.05, 0.1) is 6.61 Å². The van der Waals surface area contributed by atoms with Gasteiger partial charge in [-0.1, -0.05) is 0 Å². The number of hydrogen-bond donors (Lipinski definition) is 2. The SMILES string of the molecule is Cl.Cl.OCCN1CC2CCC(C1)N2. The first-order valence-corrected chi connectivity index (χ1v) is 4.48. The average molecular weight is 229 g/mol. The molecule has 2 atom stereocenters. The Kier molecular flexibility index (Phi) is 6.25. The van der Waals surface area contributed by atoms with Crippen LogP contribution in [0, 0.1) is 0 Å². The maximum atomic E-state index is 8.75. The molecule has 2 aliphatic heterocycles. The standard InChI is InChI=1S/C8H16N2O.2ClH/c11-4-3-10-5-7-1-2-8(6-10)9-7;;/h7-9,11H,1-6H2;2*1H. The van der Waals surface area contributed by atoms with E-state index >= 15 is 0 Å². The predicted molar refractivity (Wildman–Crippen MR) is 58.0 cm³/mol. The van der Waals surface area contributed by atoms with E-state index in [4.69, 9.17) is 5.11 Å². The fraction of sp³-hybridized carbons (Fsp3) is 1.00. The van der Waals surface area contributed by atoms with Crippen LogP contribution >= 0.6 is 24.8 Å². The molecule has 2 bridgehead atoms. The van der Waals surface area contributed by atoms with Crippen LogP contribution in [0.2, 0.25) is 0 Å². The van der Waals surface area contributed by atoms with Crippen molar-refractivity contribution in [1.82, 2.24) is 10.2 Å². The normalized spacial score (nSPS) is 32.1. The third-order valence-corrected chi connectivity index (χ3v) is 2.71. The van der Waals surface area contributed by atoms with Crippen LogP contribution in [-0.2, 0) is 0 Å². The van der Waals surface area contributed by atoms with Crippen LogP contribution in [0.25, 0.3) is 0 Å². The molecule has 80 valence electrons. The Balaban J connectivity index is 0.000000720. The molecule has 0 aromatic carbocycles. The topological polar surface area (TPSA) is 35.5 Å². The van der Waals surface area contributed by atoms with E-state index in [1.807, 2.05) is 0 Å². The first-order valence-electron chi connectivity index (χ1n) is 4.48. The van der Waals surface area contributed by atoms with Crippen molar-refractivity contribution in [2.45, 2.75) is 24.9 Å². The summed E-state index contributed by atoms with van der Waals surface area (Å²) in [4.78, 5) is 2.36. The molecule has 2 fully saturated rings. The lowest BCUT2D eigenvalue weighted by atomic mass is 10.2. The summed E-state index contributed by atoms with van der Waals surface area (Å²) in [5, 5.41) is 12.3. The molecule has 0 aromatic rings.